The Morgan fingerprint density at radius 2 is 2.50 bits per heavy atom. The first-order chi connectivity index (χ1) is 3.68. The molecule has 0 rings (SSSR count). The van der Waals surface area contributed by atoms with Crippen LogP contribution in [0.3, 0.4) is 0 Å². The highest BCUT2D eigenvalue weighted by atomic mass is 16.3. The summed E-state index contributed by atoms with van der Waals surface area (Å²) in [7, 11) is 0. The summed E-state index contributed by atoms with van der Waals surface area (Å²) in [4.78, 5) is 0. The third-order valence-electron chi connectivity index (χ3n) is 0.714. The summed E-state index contributed by atoms with van der Waals surface area (Å²) in [6, 6.07) is 1.70. The molecule has 0 aromatic heterocycles. The molecule has 0 aromatic rings. The summed E-state index contributed by atoms with van der Waals surface area (Å²) < 4.78 is 0. The highest BCUT2D eigenvalue weighted by molar-refractivity contribution is 5.12. The van der Waals surface area contributed by atoms with Gasteiger partial charge in [0.2, 0.25) is 0 Å². The van der Waals surface area contributed by atoms with Gasteiger partial charge >= 0.3 is 0 Å². The molecule has 0 aliphatic heterocycles. The van der Waals surface area contributed by atoms with Crippen LogP contribution in [-0.2, 0) is 0 Å². The minimum atomic E-state index is -0.713. The van der Waals surface area contributed by atoms with Crippen LogP contribution in [-0.4, -0.2) is 11.2 Å². The molecule has 0 radical (unpaired) electrons. The van der Waals surface area contributed by atoms with Crippen LogP contribution in [0.1, 0.15) is 6.92 Å². The Labute approximate surface area is 48.0 Å². The molecular weight excluding hydrogens is 104 g/mol. The number of aliphatic hydroxyl groups excluding tert-OH is 1. The molecule has 0 heterocycles. The zero-order valence-electron chi connectivity index (χ0n) is 4.63. The van der Waals surface area contributed by atoms with Crippen molar-refractivity contribution in [1.82, 2.24) is 0 Å². The van der Waals surface area contributed by atoms with Gasteiger partial charge in [-0.2, -0.15) is 5.26 Å². The van der Waals surface area contributed by atoms with Gasteiger partial charge in [0.1, 0.15) is 0 Å². The van der Waals surface area contributed by atoms with Crippen LogP contribution >= 0.6 is 0 Å². The maximum Gasteiger partial charge on any atom is 0.0931 e. The number of nitriles is 1. The first kappa shape index (κ1) is 6.99. The van der Waals surface area contributed by atoms with E-state index < -0.39 is 6.10 Å². The van der Waals surface area contributed by atoms with E-state index >= 15 is 0 Å². The van der Waals surface area contributed by atoms with Gasteiger partial charge in [-0.15, -0.1) is 0 Å². The van der Waals surface area contributed by atoms with Crippen molar-refractivity contribution in [3.63, 3.8) is 0 Å². The van der Waals surface area contributed by atoms with Gasteiger partial charge in [0, 0.05) is 11.8 Å². The fourth-order valence-corrected chi connectivity index (χ4v) is 0.195. The molecule has 0 aliphatic carbocycles. The van der Waals surface area contributed by atoms with Crippen LogP contribution in [0.25, 0.3) is 0 Å². The quantitative estimate of drug-likeness (QED) is 0.459. The summed E-state index contributed by atoms with van der Waals surface area (Å²) in [6.45, 7) is 1.50. The van der Waals surface area contributed by atoms with Crippen molar-refractivity contribution in [1.29, 1.82) is 5.26 Å². The van der Waals surface area contributed by atoms with Crippen molar-refractivity contribution in [3.8, 4) is 6.07 Å². The summed E-state index contributed by atoms with van der Waals surface area (Å²) >= 11 is 0. The Hall–Kier alpha value is -1.01. The van der Waals surface area contributed by atoms with E-state index in [1.165, 1.54) is 6.92 Å². The maximum atomic E-state index is 8.61. The molecule has 0 aliphatic rings. The lowest BCUT2D eigenvalue weighted by Crippen LogP contribution is -2.12. The molecule has 0 spiro atoms. The van der Waals surface area contributed by atoms with E-state index in [-0.39, 0.29) is 5.70 Å². The molecule has 0 aromatic carbocycles. The van der Waals surface area contributed by atoms with Gasteiger partial charge in [0.15, 0.2) is 0 Å². The number of nitrogens with two attached hydrogens (primary N) is 1. The molecule has 0 amide bonds. The predicted molar refractivity (Wildman–Crippen MR) is 29.6 cm³/mol. The second-order valence-electron chi connectivity index (χ2n) is 1.45. The Morgan fingerprint density at radius 3 is 2.62 bits per heavy atom. The van der Waals surface area contributed by atoms with Crippen LogP contribution in [0.4, 0.5) is 0 Å². The van der Waals surface area contributed by atoms with Crippen molar-refractivity contribution in [2.75, 3.05) is 0 Å². The number of nitrogens with zero attached hydrogens (tertiary/aromatic N) is 1. The molecule has 3 heteroatoms. The van der Waals surface area contributed by atoms with E-state index in [0.717, 1.165) is 6.08 Å². The van der Waals surface area contributed by atoms with Crippen LogP contribution in [0.5, 0.6) is 0 Å². The first-order valence-corrected chi connectivity index (χ1v) is 2.21. The highest BCUT2D eigenvalue weighted by Gasteiger charge is 1.95. The molecular formula is C5H8N2O. The summed E-state index contributed by atoms with van der Waals surface area (Å²) in [6.07, 6.45) is 0.402. The lowest BCUT2D eigenvalue weighted by Gasteiger charge is -1.98. The van der Waals surface area contributed by atoms with Gasteiger partial charge in [-0.3, -0.25) is 0 Å². The smallest absolute Gasteiger partial charge is 0.0931 e. The van der Waals surface area contributed by atoms with E-state index in [9.17, 15) is 0 Å². The average molecular weight is 112 g/mol. The zero-order valence-corrected chi connectivity index (χ0v) is 4.63. The van der Waals surface area contributed by atoms with Gasteiger partial charge in [0.25, 0.3) is 0 Å². The minimum Gasteiger partial charge on any atom is -0.399 e. The number of rotatable bonds is 1. The third kappa shape index (κ3) is 2.21. The first-order valence-electron chi connectivity index (χ1n) is 2.21. The Kier molecular flexibility index (Phi) is 2.67. The highest BCUT2D eigenvalue weighted by Crippen LogP contribution is 1.89. The molecule has 8 heavy (non-hydrogen) atoms. The monoisotopic (exact) mass is 112 g/mol. The SMILES string of the molecule is CC(O)/C(N)=C/C#N. The predicted octanol–water partition coefficient (Wildman–Crippen LogP) is -0.267. The second kappa shape index (κ2) is 3.05. The van der Waals surface area contributed by atoms with E-state index in [4.69, 9.17) is 16.1 Å². The van der Waals surface area contributed by atoms with E-state index in [1.807, 2.05) is 0 Å². The van der Waals surface area contributed by atoms with Crippen LogP contribution < -0.4 is 5.73 Å². The Morgan fingerprint density at radius 1 is 2.00 bits per heavy atom. The van der Waals surface area contributed by atoms with Gasteiger partial charge in [-0.25, -0.2) is 0 Å². The number of allylic oxidation sites excluding steroid dienone is 1. The van der Waals surface area contributed by atoms with Crippen molar-refractivity contribution in [2.45, 2.75) is 13.0 Å². The van der Waals surface area contributed by atoms with Crippen LogP contribution in [0.2, 0.25) is 0 Å². The summed E-state index contributed by atoms with van der Waals surface area (Å²) in [5.41, 5.74) is 5.32. The summed E-state index contributed by atoms with van der Waals surface area (Å²) in [5, 5.41) is 16.6. The Bertz CT molecular complexity index is 132. The van der Waals surface area contributed by atoms with E-state index in [0.29, 0.717) is 0 Å². The fraction of sp³-hybridized carbons (Fsp3) is 0.400. The lowest BCUT2D eigenvalue weighted by atomic mass is 10.3. The van der Waals surface area contributed by atoms with Crippen LogP contribution in [0.15, 0.2) is 11.8 Å². The van der Waals surface area contributed by atoms with Gasteiger partial charge in [0.05, 0.1) is 12.2 Å². The number of hydrogen-bond donors (Lipinski definition) is 2. The minimum absolute atomic E-state index is 0.201. The molecule has 0 saturated carbocycles. The standard InChI is InChI=1S/C5H8N2O/c1-4(8)5(7)2-3-6/h2,4,8H,7H2,1H3/b5-2-. The maximum absolute atomic E-state index is 8.61. The fourth-order valence-electron chi connectivity index (χ4n) is 0.195. The summed E-state index contributed by atoms with van der Waals surface area (Å²) in [5.74, 6) is 0. The number of aliphatic hydroxyl groups is 1. The third-order valence-corrected chi connectivity index (χ3v) is 0.714. The molecule has 1 unspecified atom stereocenters. The molecule has 3 N–H and O–H groups in total. The van der Waals surface area contributed by atoms with E-state index in [1.54, 1.807) is 6.07 Å². The normalized spacial score (nSPS) is 14.9. The van der Waals surface area contributed by atoms with Gasteiger partial charge in [-0.05, 0) is 6.92 Å². The lowest BCUT2D eigenvalue weighted by molar-refractivity contribution is 0.230. The van der Waals surface area contributed by atoms with Gasteiger partial charge < -0.3 is 10.8 Å². The van der Waals surface area contributed by atoms with Crippen LogP contribution in [0, 0.1) is 11.3 Å². The molecule has 1 atom stereocenters. The van der Waals surface area contributed by atoms with Crippen molar-refractivity contribution in [2.24, 2.45) is 5.73 Å². The second-order valence-corrected chi connectivity index (χ2v) is 1.45. The molecule has 3 nitrogen and oxygen atoms in total. The van der Waals surface area contributed by atoms with Gasteiger partial charge in [-0.1, -0.05) is 0 Å². The Balaban J connectivity index is 3.85. The molecule has 44 valence electrons. The van der Waals surface area contributed by atoms with E-state index in [2.05, 4.69) is 0 Å². The molecule has 0 fully saturated rings. The number of hydrogen-bond acceptors (Lipinski definition) is 3. The zero-order chi connectivity index (χ0) is 6.57. The van der Waals surface area contributed by atoms with Crippen molar-refractivity contribution < 1.29 is 5.11 Å². The van der Waals surface area contributed by atoms with Crippen molar-refractivity contribution in [3.05, 3.63) is 11.8 Å². The topological polar surface area (TPSA) is 70.0 Å². The molecule has 0 bridgehead atoms. The average Bonchev–Trinajstić information content (AvgIpc) is 1.67. The molecule has 0 saturated heterocycles. The largest absolute Gasteiger partial charge is 0.399 e. The van der Waals surface area contributed by atoms with Crippen molar-refractivity contribution >= 4 is 0 Å².